The predicted octanol–water partition coefficient (Wildman–Crippen LogP) is 1.77. The molecule has 0 saturated carbocycles. The Bertz CT molecular complexity index is 524. The van der Waals surface area contributed by atoms with Crippen LogP contribution < -0.4 is 10.6 Å². The number of phenols is 2. The van der Waals surface area contributed by atoms with Gasteiger partial charge in [0, 0.05) is 5.30 Å². The van der Waals surface area contributed by atoms with Gasteiger partial charge in [0.2, 0.25) is 0 Å². The van der Waals surface area contributed by atoms with Gasteiger partial charge in [-0.3, -0.25) is 0 Å². The molecule has 0 aliphatic carbocycles. The van der Waals surface area contributed by atoms with Gasteiger partial charge in [-0.15, -0.1) is 18.5 Å². The molecule has 0 saturated heterocycles. The minimum atomic E-state index is -0.102. The second-order valence-corrected chi connectivity index (χ2v) is 4.64. The Morgan fingerprint density at radius 2 is 1.50 bits per heavy atom. The molecule has 4 heteroatoms. The average Bonchev–Trinajstić information content (AvgIpc) is 2.32. The van der Waals surface area contributed by atoms with Gasteiger partial charge < -0.3 is 10.2 Å². The third-order valence-electron chi connectivity index (χ3n) is 2.44. The van der Waals surface area contributed by atoms with Gasteiger partial charge >= 0.3 is 0 Å². The number of rotatable bonds is 1. The van der Waals surface area contributed by atoms with Crippen molar-refractivity contribution < 1.29 is 10.2 Å². The predicted molar refractivity (Wildman–Crippen MR) is 73.9 cm³/mol. The summed E-state index contributed by atoms with van der Waals surface area (Å²) in [6, 6.07) is 11.3. The van der Waals surface area contributed by atoms with Gasteiger partial charge in [-0.2, -0.15) is 0 Å². The van der Waals surface area contributed by atoms with E-state index in [1.54, 1.807) is 6.07 Å². The van der Waals surface area contributed by atoms with E-state index in [-0.39, 0.29) is 11.5 Å². The first kappa shape index (κ1) is 11.4. The molecule has 16 heavy (non-hydrogen) atoms. The molecule has 2 rings (SSSR count). The summed E-state index contributed by atoms with van der Waals surface area (Å²) < 4.78 is 0. The van der Waals surface area contributed by atoms with E-state index >= 15 is 0 Å². The van der Waals surface area contributed by atoms with Gasteiger partial charge in [-0.05, 0) is 22.5 Å². The Balaban J connectivity index is 2.68. The zero-order valence-electron chi connectivity index (χ0n) is 8.51. The fourth-order valence-electron chi connectivity index (χ4n) is 1.55. The molecule has 0 heterocycles. The fourth-order valence-corrected chi connectivity index (χ4v) is 2.24. The third kappa shape index (κ3) is 1.91. The summed E-state index contributed by atoms with van der Waals surface area (Å²) in [7, 11) is 5.02. The van der Waals surface area contributed by atoms with E-state index in [0.29, 0.717) is 5.30 Å². The number of benzene rings is 2. The first-order chi connectivity index (χ1) is 7.61. The van der Waals surface area contributed by atoms with Crippen LogP contribution in [0.2, 0.25) is 0 Å². The van der Waals surface area contributed by atoms with Crippen molar-refractivity contribution in [3.63, 3.8) is 0 Å². The first-order valence-corrected chi connectivity index (χ1v) is 5.92. The van der Waals surface area contributed by atoms with Gasteiger partial charge in [-0.1, -0.05) is 30.3 Å². The molecule has 2 unspecified atom stereocenters. The van der Waals surface area contributed by atoms with Crippen LogP contribution in [0.5, 0.6) is 11.5 Å². The molecular weight excluding hydrogens is 238 g/mol. The van der Waals surface area contributed by atoms with Crippen LogP contribution in [0.15, 0.2) is 36.4 Å². The van der Waals surface area contributed by atoms with Gasteiger partial charge in [0.1, 0.15) is 0 Å². The highest BCUT2D eigenvalue weighted by Gasteiger charge is 2.12. The van der Waals surface area contributed by atoms with Crippen molar-refractivity contribution in [1.82, 2.24) is 0 Å². The third-order valence-corrected chi connectivity index (χ3v) is 3.98. The lowest BCUT2D eigenvalue weighted by molar-refractivity contribution is 0.407. The molecule has 0 aliphatic rings. The van der Waals surface area contributed by atoms with Gasteiger partial charge in [-0.25, -0.2) is 0 Å². The van der Waals surface area contributed by atoms with Gasteiger partial charge in [0.25, 0.3) is 0 Å². The lowest BCUT2D eigenvalue weighted by Crippen LogP contribution is -2.14. The number of hydrogen-bond donors (Lipinski definition) is 2. The Morgan fingerprint density at radius 1 is 0.875 bits per heavy atom. The zero-order valence-corrected chi connectivity index (χ0v) is 10.8. The lowest BCUT2D eigenvalue weighted by Gasteiger charge is -2.11. The molecule has 2 aromatic rings. The molecule has 2 nitrogen and oxygen atoms in total. The van der Waals surface area contributed by atoms with E-state index < -0.39 is 0 Å². The van der Waals surface area contributed by atoms with Crippen molar-refractivity contribution in [2.24, 2.45) is 0 Å². The highest BCUT2D eigenvalue weighted by Crippen LogP contribution is 2.30. The van der Waals surface area contributed by atoms with E-state index in [2.05, 4.69) is 18.5 Å². The highest BCUT2D eigenvalue weighted by atomic mass is 31.0. The van der Waals surface area contributed by atoms with Crippen LogP contribution in [-0.2, 0) is 0 Å². The molecule has 2 atom stereocenters. The van der Waals surface area contributed by atoms with Crippen LogP contribution in [-0.4, -0.2) is 10.2 Å². The summed E-state index contributed by atoms with van der Waals surface area (Å²) in [6.45, 7) is 0. The van der Waals surface area contributed by atoms with Crippen molar-refractivity contribution in [3.05, 3.63) is 36.4 Å². The van der Waals surface area contributed by atoms with E-state index in [1.807, 2.05) is 30.3 Å². The summed E-state index contributed by atoms with van der Waals surface area (Å²) >= 11 is 0. The van der Waals surface area contributed by atoms with E-state index in [1.165, 1.54) is 0 Å². The lowest BCUT2D eigenvalue weighted by atomic mass is 10.1. The number of aromatic hydroxyl groups is 2. The second-order valence-electron chi connectivity index (χ2n) is 3.49. The van der Waals surface area contributed by atoms with Crippen LogP contribution in [0.4, 0.5) is 0 Å². The van der Waals surface area contributed by atoms with Crippen LogP contribution in [0.25, 0.3) is 11.1 Å². The van der Waals surface area contributed by atoms with Crippen LogP contribution in [0, 0.1) is 0 Å². The molecule has 82 valence electrons. The van der Waals surface area contributed by atoms with Crippen LogP contribution >= 0.6 is 18.5 Å². The van der Waals surface area contributed by atoms with E-state index in [4.69, 9.17) is 0 Å². The Morgan fingerprint density at radius 3 is 2.12 bits per heavy atom. The normalized spacial score (nSPS) is 10.4. The fraction of sp³-hybridized carbons (Fsp3) is 0. The molecule has 0 aromatic heterocycles. The average molecular weight is 250 g/mol. The maximum Gasteiger partial charge on any atom is 0.165 e. The van der Waals surface area contributed by atoms with E-state index in [0.717, 1.165) is 16.4 Å². The molecule has 2 aromatic carbocycles. The van der Waals surface area contributed by atoms with Crippen molar-refractivity contribution in [2.45, 2.75) is 0 Å². The number of phenolic OH excluding ortho intramolecular Hbond substituents is 2. The summed E-state index contributed by atoms with van der Waals surface area (Å²) in [5, 5.41) is 20.6. The Labute approximate surface area is 98.7 Å². The van der Waals surface area contributed by atoms with Gasteiger partial charge in [0.05, 0.1) is 0 Å². The molecule has 0 bridgehead atoms. The standard InChI is InChI=1S/C12H12O2P2/c13-9-6-8(7-4-2-1-3-5-7)11(15)12(16)10(9)14/h1-6,13-14H,15-16H2. The monoisotopic (exact) mass is 250 g/mol. The SMILES string of the molecule is Oc1cc(-c2ccccc2)c(P)c(P)c1O. The highest BCUT2D eigenvalue weighted by molar-refractivity contribution is 7.36. The summed E-state index contributed by atoms with van der Waals surface area (Å²) in [5.41, 5.74) is 1.90. The smallest absolute Gasteiger partial charge is 0.165 e. The van der Waals surface area contributed by atoms with Crippen molar-refractivity contribution in [2.75, 3.05) is 0 Å². The minimum absolute atomic E-state index is 0.0883. The first-order valence-electron chi connectivity index (χ1n) is 4.76. The van der Waals surface area contributed by atoms with Crippen LogP contribution in [0.1, 0.15) is 0 Å². The topological polar surface area (TPSA) is 40.5 Å². The minimum Gasteiger partial charge on any atom is -0.504 e. The molecule has 0 spiro atoms. The summed E-state index contributed by atoms with van der Waals surface area (Å²) in [4.78, 5) is 0. The molecule has 0 fully saturated rings. The molecule has 2 N–H and O–H groups in total. The van der Waals surface area contributed by atoms with Crippen molar-refractivity contribution >= 4 is 29.1 Å². The maximum absolute atomic E-state index is 9.59. The molecule has 0 amide bonds. The van der Waals surface area contributed by atoms with Crippen molar-refractivity contribution in [1.29, 1.82) is 0 Å². The molecule has 0 radical (unpaired) electrons. The molecule has 0 aliphatic heterocycles. The summed E-state index contributed by atoms with van der Waals surface area (Å²) in [6.07, 6.45) is 0. The maximum atomic E-state index is 9.59. The Kier molecular flexibility index (Phi) is 3.14. The van der Waals surface area contributed by atoms with Gasteiger partial charge in [0.15, 0.2) is 11.5 Å². The number of hydrogen-bond acceptors (Lipinski definition) is 2. The quantitative estimate of drug-likeness (QED) is 0.598. The second kappa shape index (κ2) is 4.41. The largest absolute Gasteiger partial charge is 0.504 e. The summed E-state index contributed by atoms with van der Waals surface area (Å²) in [5.74, 6) is -0.190. The Hall–Kier alpha value is -1.10. The molecular formula is C12H12O2P2. The van der Waals surface area contributed by atoms with E-state index in [9.17, 15) is 10.2 Å². The van der Waals surface area contributed by atoms with Crippen molar-refractivity contribution in [3.8, 4) is 22.6 Å². The zero-order chi connectivity index (χ0) is 11.7. The van der Waals surface area contributed by atoms with Crippen LogP contribution in [0.3, 0.4) is 0 Å².